The molecule has 0 fully saturated rings. The third-order valence-corrected chi connectivity index (χ3v) is 4.56. The predicted molar refractivity (Wildman–Crippen MR) is 70.4 cm³/mol. The summed E-state index contributed by atoms with van der Waals surface area (Å²) in [6, 6.07) is 6.92. The number of hydrogen-bond donors (Lipinski definition) is 0. The standard InChI is InChI=1S/C14H18Si/c1-10-7-11(2)9-13(8-10)14(15)12-5-3-4-6-12/h3-9,12,14H,1-2,15H3. The lowest BCUT2D eigenvalue weighted by molar-refractivity contribution is 0.780. The highest BCUT2D eigenvalue weighted by atomic mass is 28.1. The monoisotopic (exact) mass is 214 g/mol. The Bertz CT molecular complexity index is 383. The van der Waals surface area contributed by atoms with E-state index in [1.54, 1.807) is 0 Å². The molecule has 1 atom stereocenters. The number of hydrogen-bond acceptors (Lipinski definition) is 0. The van der Waals surface area contributed by atoms with Crippen LogP contribution in [0, 0.1) is 19.8 Å². The van der Waals surface area contributed by atoms with Crippen LogP contribution in [0.25, 0.3) is 0 Å². The van der Waals surface area contributed by atoms with Crippen molar-refractivity contribution in [3.8, 4) is 0 Å². The first-order chi connectivity index (χ1) is 7.16. The number of aryl methyl sites for hydroxylation is 2. The van der Waals surface area contributed by atoms with Crippen LogP contribution in [-0.2, 0) is 0 Å². The van der Waals surface area contributed by atoms with Crippen LogP contribution in [0.15, 0.2) is 42.5 Å². The van der Waals surface area contributed by atoms with E-state index in [2.05, 4.69) is 56.4 Å². The Morgan fingerprint density at radius 2 is 1.53 bits per heavy atom. The largest absolute Gasteiger partial charge is 0.0773 e. The molecule has 15 heavy (non-hydrogen) atoms. The van der Waals surface area contributed by atoms with Gasteiger partial charge in [0.1, 0.15) is 0 Å². The summed E-state index contributed by atoms with van der Waals surface area (Å²) in [5.41, 5.74) is 5.01. The van der Waals surface area contributed by atoms with E-state index >= 15 is 0 Å². The van der Waals surface area contributed by atoms with Crippen molar-refractivity contribution in [3.63, 3.8) is 0 Å². The molecule has 1 heteroatoms. The van der Waals surface area contributed by atoms with Crippen molar-refractivity contribution in [2.75, 3.05) is 0 Å². The van der Waals surface area contributed by atoms with E-state index in [1.807, 2.05) is 0 Å². The number of allylic oxidation sites excluding steroid dienone is 4. The first-order valence-corrected chi connectivity index (χ1v) is 6.75. The Morgan fingerprint density at radius 3 is 2.07 bits per heavy atom. The van der Waals surface area contributed by atoms with Gasteiger partial charge in [0.15, 0.2) is 0 Å². The summed E-state index contributed by atoms with van der Waals surface area (Å²) in [5.74, 6) is 0.637. The average Bonchev–Trinajstić information content (AvgIpc) is 2.67. The quantitative estimate of drug-likeness (QED) is 0.663. The lowest BCUT2D eigenvalue weighted by Crippen LogP contribution is -2.08. The Balaban J connectivity index is 2.28. The molecular formula is C14H18Si. The number of rotatable bonds is 2. The summed E-state index contributed by atoms with van der Waals surface area (Å²) < 4.78 is 0. The summed E-state index contributed by atoms with van der Waals surface area (Å²) in [7, 11) is 1.21. The van der Waals surface area contributed by atoms with Gasteiger partial charge in [-0.05, 0) is 30.9 Å². The molecule has 1 aliphatic rings. The molecule has 0 aliphatic heterocycles. The number of benzene rings is 1. The third kappa shape index (κ3) is 2.29. The van der Waals surface area contributed by atoms with Gasteiger partial charge in [-0.1, -0.05) is 53.6 Å². The molecule has 0 amide bonds. The van der Waals surface area contributed by atoms with Gasteiger partial charge in [-0.3, -0.25) is 0 Å². The van der Waals surface area contributed by atoms with Crippen LogP contribution in [0.3, 0.4) is 0 Å². The molecule has 0 nitrogen and oxygen atoms in total. The Morgan fingerprint density at radius 1 is 1.00 bits per heavy atom. The van der Waals surface area contributed by atoms with Crippen LogP contribution in [0.4, 0.5) is 0 Å². The smallest absolute Gasteiger partial charge is 0.0134 e. The van der Waals surface area contributed by atoms with E-state index in [-0.39, 0.29) is 0 Å². The molecule has 0 saturated heterocycles. The molecule has 0 saturated carbocycles. The summed E-state index contributed by atoms with van der Waals surface area (Å²) in [4.78, 5) is 0. The molecule has 0 spiro atoms. The Labute approximate surface area is 95.1 Å². The second-order valence-corrected chi connectivity index (χ2v) is 5.80. The topological polar surface area (TPSA) is 0 Å². The van der Waals surface area contributed by atoms with Crippen molar-refractivity contribution >= 4 is 10.2 Å². The molecule has 1 unspecified atom stereocenters. The molecule has 0 heterocycles. The van der Waals surface area contributed by atoms with Crippen molar-refractivity contribution in [2.45, 2.75) is 19.4 Å². The second-order valence-electron chi connectivity index (χ2n) is 4.56. The molecule has 1 aromatic carbocycles. The van der Waals surface area contributed by atoms with Crippen molar-refractivity contribution in [3.05, 3.63) is 59.2 Å². The van der Waals surface area contributed by atoms with Crippen LogP contribution in [0.5, 0.6) is 0 Å². The summed E-state index contributed by atoms with van der Waals surface area (Å²) >= 11 is 0. The zero-order valence-electron chi connectivity index (χ0n) is 9.70. The van der Waals surface area contributed by atoms with Gasteiger partial charge in [0.25, 0.3) is 0 Å². The maximum atomic E-state index is 2.34. The van der Waals surface area contributed by atoms with Gasteiger partial charge in [0.2, 0.25) is 0 Å². The molecule has 78 valence electrons. The van der Waals surface area contributed by atoms with Crippen molar-refractivity contribution in [2.24, 2.45) is 5.92 Å². The second kappa shape index (κ2) is 4.19. The van der Waals surface area contributed by atoms with Crippen LogP contribution < -0.4 is 0 Å². The van der Waals surface area contributed by atoms with E-state index in [4.69, 9.17) is 0 Å². The maximum Gasteiger partial charge on any atom is 0.0134 e. The van der Waals surface area contributed by atoms with Crippen LogP contribution in [-0.4, -0.2) is 10.2 Å². The van der Waals surface area contributed by atoms with Gasteiger partial charge in [0.05, 0.1) is 0 Å². The zero-order chi connectivity index (χ0) is 10.8. The maximum absolute atomic E-state index is 2.34. The van der Waals surface area contributed by atoms with Crippen molar-refractivity contribution in [1.82, 2.24) is 0 Å². The molecule has 1 aliphatic carbocycles. The summed E-state index contributed by atoms with van der Waals surface area (Å²) in [5, 5.41) is 0. The molecule has 0 radical (unpaired) electrons. The van der Waals surface area contributed by atoms with Gasteiger partial charge in [-0.2, -0.15) is 0 Å². The highest BCUT2D eigenvalue weighted by molar-refractivity contribution is 6.13. The fraction of sp³-hybridized carbons (Fsp3) is 0.286. The van der Waals surface area contributed by atoms with E-state index in [9.17, 15) is 0 Å². The molecule has 2 rings (SSSR count). The molecular weight excluding hydrogens is 196 g/mol. The van der Waals surface area contributed by atoms with Gasteiger partial charge < -0.3 is 0 Å². The fourth-order valence-electron chi connectivity index (χ4n) is 2.28. The molecule has 0 bridgehead atoms. The van der Waals surface area contributed by atoms with Gasteiger partial charge >= 0.3 is 0 Å². The highest BCUT2D eigenvalue weighted by Crippen LogP contribution is 2.27. The molecule has 1 aromatic rings. The van der Waals surface area contributed by atoms with Gasteiger partial charge in [-0.25, -0.2) is 0 Å². The third-order valence-electron chi connectivity index (χ3n) is 3.12. The minimum atomic E-state index is 0.637. The molecule has 0 N–H and O–H groups in total. The minimum Gasteiger partial charge on any atom is -0.0773 e. The summed E-state index contributed by atoms with van der Waals surface area (Å²) in [6.07, 6.45) is 8.96. The van der Waals surface area contributed by atoms with E-state index in [0.717, 1.165) is 5.54 Å². The van der Waals surface area contributed by atoms with Gasteiger partial charge in [-0.15, -0.1) is 0 Å². The lowest BCUT2D eigenvalue weighted by Gasteiger charge is -2.17. The Hall–Kier alpha value is -1.08. The minimum absolute atomic E-state index is 0.637. The first kappa shape index (κ1) is 10.4. The fourth-order valence-corrected chi connectivity index (χ4v) is 3.06. The Kier molecular flexibility index (Phi) is 2.92. The zero-order valence-corrected chi connectivity index (χ0v) is 11.7. The highest BCUT2D eigenvalue weighted by Gasteiger charge is 2.15. The van der Waals surface area contributed by atoms with E-state index in [1.165, 1.54) is 26.9 Å². The average molecular weight is 214 g/mol. The summed E-state index contributed by atoms with van der Waals surface area (Å²) in [6.45, 7) is 4.37. The normalized spacial score (nSPS) is 17.5. The van der Waals surface area contributed by atoms with E-state index in [0.29, 0.717) is 5.92 Å². The van der Waals surface area contributed by atoms with Crippen LogP contribution >= 0.6 is 0 Å². The van der Waals surface area contributed by atoms with E-state index < -0.39 is 0 Å². The molecule has 0 aromatic heterocycles. The van der Waals surface area contributed by atoms with Crippen LogP contribution in [0.2, 0.25) is 0 Å². The van der Waals surface area contributed by atoms with Crippen molar-refractivity contribution in [1.29, 1.82) is 0 Å². The lowest BCUT2D eigenvalue weighted by atomic mass is 9.97. The van der Waals surface area contributed by atoms with Gasteiger partial charge in [0, 0.05) is 10.2 Å². The SMILES string of the molecule is Cc1cc(C)cc(C([SiH3])C2C=CC=C2)c1. The predicted octanol–water partition coefficient (Wildman–Crippen LogP) is 2.45. The van der Waals surface area contributed by atoms with Crippen LogP contribution in [0.1, 0.15) is 22.2 Å². The first-order valence-electron chi connectivity index (χ1n) is 5.60. The van der Waals surface area contributed by atoms with Crippen molar-refractivity contribution < 1.29 is 0 Å².